The van der Waals surface area contributed by atoms with Crippen molar-refractivity contribution in [1.82, 2.24) is 9.97 Å². The number of anilines is 1. The summed E-state index contributed by atoms with van der Waals surface area (Å²) in [6.45, 7) is 17.4. The number of aryl methyl sites for hydroxylation is 1. The molecule has 0 unspecified atom stereocenters. The molecule has 1 N–H and O–H groups in total. The topological polar surface area (TPSA) is 64.1 Å². The zero-order chi connectivity index (χ0) is 28.2. The number of amides is 1. The van der Waals surface area contributed by atoms with Gasteiger partial charge in [0.2, 0.25) is 14.2 Å². The van der Waals surface area contributed by atoms with E-state index in [1.165, 1.54) is 5.56 Å². The molecule has 0 aliphatic heterocycles. The van der Waals surface area contributed by atoms with Gasteiger partial charge in [-0.3, -0.25) is 4.79 Å². The van der Waals surface area contributed by atoms with Crippen LogP contribution in [0.25, 0.3) is 16.8 Å². The molecule has 1 aromatic heterocycles. The normalized spacial score (nSPS) is 11.6. The molecule has 0 aliphatic carbocycles. The summed E-state index contributed by atoms with van der Waals surface area (Å²) >= 11 is 0. The Kier molecular flexibility index (Phi) is 8.16. The Labute approximate surface area is 233 Å². The predicted octanol–water partition coefficient (Wildman–Crippen LogP) is 8.08. The van der Waals surface area contributed by atoms with Crippen LogP contribution in [0, 0.1) is 6.92 Å². The van der Waals surface area contributed by atoms with Crippen molar-refractivity contribution in [2.24, 2.45) is 0 Å². The fraction of sp³-hybridized carbons (Fsp3) is 0.242. The Hall–Kier alpha value is -4.03. The molecule has 0 aliphatic rings. The van der Waals surface area contributed by atoms with Crippen LogP contribution in [-0.2, 0) is 11.2 Å². The maximum Gasteiger partial charge on any atom is 0.250 e. The first-order valence-corrected chi connectivity index (χ1v) is 16.1. The maximum absolute atomic E-state index is 13.1. The summed E-state index contributed by atoms with van der Waals surface area (Å²) in [6, 6.07) is 25.7. The van der Waals surface area contributed by atoms with E-state index in [1.54, 1.807) is 6.20 Å². The van der Waals surface area contributed by atoms with Crippen LogP contribution in [0.15, 0.2) is 91.6 Å². The first kappa shape index (κ1) is 28.0. The van der Waals surface area contributed by atoms with E-state index in [0.717, 1.165) is 28.1 Å². The summed E-state index contributed by atoms with van der Waals surface area (Å²) in [4.78, 5) is 22.6. The van der Waals surface area contributed by atoms with Crippen LogP contribution in [-0.4, -0.2) is 24.2 Å². The number of nitrogens with one attached hydrogen (secondary N) is 1. The summed E-state index contributed by atoms with van der Waals surface area (Å²) in [5, 5.41) is 3.09. The zero-order valence-electron chi connectivity index (χ0n) is 23.7. The highest BCUT2D eigenvalue weighted by Crippen LogP contribution is 2.37. The highest BCUT2D eigenvalue weighted by molar-refractivity contribution is 6.74. The average Bonchev–Trinajstić information content (AvgIpc) is 2.90. The Bertz CT molecular complexity index is 1460. The van der Waals surface area contributed by atoms with E-state index in [9.17, 15) is 4.79 Å². The second-order valence-corrected chi connectivity index (χ2v) is 16.1. The third kappa shape index (κ3) is 6.89. The van der Waals surface area contributed by atoms with Gasteiger partial charge in [0.1, 0.15) is 11.4 Å². The Morgan fingerprint density at radius 1 is 0.949 bits per heavy atom. The van der Waals surface area contributed by atoms with E-state index in [1.807, 2.05) is 85.8 Å². The van der Waals surface area contributed by atoms with Gasteiger partial charge in [0.25, 0.3) is 0 Å². The SMILES string of the molecule is C=C(c1ccccc1)c1nc(-c2ccc(C)cc2)cnc1NC(=O)Cc1ccc(O[Si](C)(C)C(C)(C)C)cc1. The van der Waals surface area contributed by atoms with E-state index in [-0.39, 0.29) is 17.4 Å². The molecule has 1 heterocycles. The van der Waals surface area contributed by atoms with Crippen LogP contribution in [0.1, 0.15) is 43.2 Å². The summed E-state index contributed by atoms with van der Waals surface area (Å²) in [5.41, 5.74) is 5.89. The van der Waals surface area contributed by atoms with E-state index in [0.29, 0.717) is 17.1 Å². The number of hydrogen-bond acceptors (Lipinski definition) is 4. The van der Waals surface area contributed by atoms with Crippen LogP contribution in [0.2, 0.25) is 18.1 Å². The van der Waals surface area contributed by atoms with Gasteiger partial charge in [-0.05, 0) is 48.3 Å². The van der Waals surface area contributed by atoms with E-state index in [4.69, 9.17) is 9.41 Å². The molecule has 39 heavy (non-hydrogen) atoms. The van der Waals surface area contributed by atoms with Crippen LogP contribution in [0.5, 0.6) is 5.75 Å². The fourth-order valence-corrected chi connectivity index (χ4v) is 4.85. The molecule has 3 aromatic carbocycles. The second-order valence-electron chi connectivity index (χ2n) is 11.4. The van der Waals surface area contributed by atoms with Crippen molar-refractivity contribution >= 4 is 25.6 Å². The third-order valence-electron chi connectivity index (χ3n) is 7.25. The van der Waals surface area contributed by atoms with Gasteiger partial charge >= 0.3 is 0 Å². The van der Waals surface area contributed by atoms with E-state index >= 15 is 0 Å². The predicted molar refractivity (Wildman–Crippen MR) is 163 cm³/mol. The number of hydrogen-bond donors (Lipinski definition) is 1. The van der Waals surface area contributed by atoms with Gasteiger partial charge in [-0.15, -0.1) is 0 Å². The van der Waals surface area contributed by atoms with Crippen molar-refractivity contribution in [3.63, 3.8) is 0 Å². The molecule has 200 valence electrons. The number of aromatic nitrogens is 2. The summed E-state index contributed by atoms with van der Waals surface area (Å²) in [6.07, 6.45) is 1.90. The van der Waals surface area contributed by atoms with Crippen molar-refractivity contribution in [2.75, 3.05) is 5.32 Å². The number of rotatable bonds is 8. The first-order chi connectivity index (χ1) is 18.4. The fourth-order valence-electron chi connectivity index (χ4n) is 3.82. The highest BCUT2D eigenvalue weighted by atomic mass is 28.4. The summed E-state index contributed by atoms with van der Waals surface area (Å²) < 4.78 is 6.37. The molecule has 0 spiro atoms. The number of nitrogens with zero attached hydrogens (tertiary/aromatic N) is 2. The smallest absolute Gasteiger partial charge is 0.250 e. The molecular formula is C33H37N3O2Si. The minimum absolute atomic E-state index is 0.114. The van der Waals surface area contributed by atoms with Crippen molar-refractivity contribution in [3.8, 4) is 17.0 Å². The molecule has 0 fully saturated rings. The van der Waals surface area contributed by atoms with Gasteiger partial charge in [-0.1, -0.05) is 99.6 Å². The van der Waals surface area contributed by atoms with Crippen LogP contribution >= 0.6 is 0 Å². The lowest BCUT2D eigenvalue weighted by Crippen LogP contribution is -2.43. The first-order valence-electron chi connectivity index (χ1n) is 13.2. The van der Waals surface area contributed by atoms with Gasteiger partial charge in [0.15, 0.2) is 5.82 Å². The molecule has 6 heteroatoms. The lowest BCUT2D eigenvalue weighted by molar-refractivity contribution is -0.115. The Balaban J connectivity index is 1.55. The molecular weight excluding hydrogens is 498 g/mol. The monoisotopic (exact) mass is 535 g/mol. The van der Waals surface area contributed by atoms with Gasteiger partial charge in [-0.2, -0.15) is 0 Å². The summed E-state index contributed by atoms with van der Waals surface area (Å²) in [7, 11) is -1.93. The summed E-state index contributed by atoms with van der Waals surface area (Å²) in [5.74, 6) is 1.06. The largest absolute Gasteiger partial charge is 0.544 e. The Morgan fingerprint density at radius 3 is 2.21 bits per heavy atom. The molecule has 4 aromatic rings. The van der Waals surface area contributed by atoms with Crippen molar-refractivity contribution < 1.29 is 9.22 Å². The quantitative estimate of drug-likeness (QED) is 0.232. The Morgan fingerprint density at radius 2 is 1.59 bits per heavy atom. The minimum atomic E-state index is -1.93. The molecule has 0 saturated carbocycles. The lowest BCUT2D eigenvalue weighted by atomic mass is 10.0. The maximum atomic E-state index is 13.1. The van der Waals surface area contributed by atoms with Crippen LogP contribution in [0.3, 0.4) is 0 Å². The lowest BCUT2D eigenvalue weighted by Gasteiger charge is -2.36. The van der Waals surface area contributed by atoms with Gasteiger partial charge in [-0.25, -0.2) is 9.97 Å². The van der Waals surface area contributed by atoms with Gasteiger partial charge in [0, 0.05) is 11.1 Å². The minimum Gasteiger partial charge on any atom is -0.544 e. The standard InChI is InChI=1S/C33H37N3O2Si/c1-23-13-17-27(18-14-23)29-22-34-32(31(35-29)24(2)26-11-9-8-10-12-26)36-30(37)21-25-15-19-28(20-16-25)38-39(6,7)33(3,4)5/h8-20,22H,2,21H2,1,3-7H3,(H,34,36,37). The van der Waals surface area contributed by atoms with Gasteiger partial charge < -0.3 is 9.74 Å². The molecule has 4 rings (SSSR count). The van der Waals surface area contributed by atoms with E-state index < -0.39 is 8.32 Å². The van der Waals surface area contributed by atoms with Crippen molar-refractivity contribution in [3.05, 3.63) is 114 Å². The molecule has 5 nitrogen and oxygen atoms in total. The van der Waals surface area contributed by atoms with Crippen molar-refractivity contribution in [2.45, 2.75) is 52.2 Å². The van der Waals surface area contributed by atoms with E-state index in [2.05, 4.69) is 50.7 Å². The van der Waals surface area contributed by atoms with Gasteiger partial charge in [0.05, 0.1) is 18.3 Å². The number of carbonyl (C=O) groups is 1. The average molecular weight is 536 g/mol. The molecule has 0 saturated heterocycles. The van der Waals surface area contributed by atoms with Crippen LogP contribution < -0.4 is 9.74 Å². The highest BCUT2D eigenvalue weighted by Gasteiger charge is 2.38. The molecule has 0 bridgehead atoms. The molecule has 0 atom stereocenters. The third-order valence-corrected chi connectivity index (χ3v) is 11.6. The van der Waals surface area contributed by atoms with Crippen molar-refractivity contribution in [1.29, 1.82) is 0 Å². The second kappa shape index (κ2) is 11.4. The zero-order valence-corrected chi connectivity index (χ0v) is 24.7. The molecule has 0 radical (unpaired) electrons. The van der Waals surface area contributed by atoms with Crippen LogP contribution in [0.4, 0.5) is 5.82 Å². The number of benzene rings is 3. The molecule has 1 amide bonds. The number of carbonyl (C=O) groups excluding carboxylic acids is 1.